The van der Waals surface area contributed by atoms with Crippen LogP contribution in [-0.2, 0) is 10.9 Å². The third-order valence-corrected chi connectivity index (χ3v) is 3.99. The Morgan fingerprint density at radius 3 is 2.69 bits per heavy atom. The molecule has 0 aliphatic carbocycles. The lowest BCUT2D eigenvalue weighted by atomic mass is 10.0. The van der Waals surface area contributed by atoms with Gasteiger partial charge in [-0.1, -0.05) is 17.3 Å². The van der Waals surface area contributed by atoms with Crippen molar-refractivity contribution in [1.82, 2.24) is 20.3 Å². The maximum Gasteiger partial charge on any atom is 0.471 e. The molecule has 0 amide bonds. The molecule has 0 bridgehead atoms. The fourth-order valence-corrected chi connectivity index (χ4v) is 2.70. The fourth-order valence-electron chi connectivity index (χ4n) is 2.70. The molecule has 136 valence electrons. The Balaban J connectivity index is 1.60. The van der Waals surface area contributed by atoms with E-state index in [1.54, 1.807) is 24.3 Å². The van der Waals surface area contributed by atoms with Gasteiger partial charge in [0, 0.05) is 17.7 Å². The summed E-state index contributed by atoms with van der Waals surface area (Å²) >= 11 is 0. The Kier molecular flexibility index (Phi) is 4.19. The second-order valence-corrected chi connectivity index (χ2v) is 5.86. The van der Waals surface area contributed by atoms with Gasteiger partial charge < -0.3 is 13.7 Å². The van der Waals surface area contributed by atoms with Gasteiger partial charge in [0.15, 0.2) is 0 Å². The number of alkyl halides is 3. The number of rotatable bonds is 3. The van der Waals surface area contributed by atoms with Crippen molar-refractivity contribution in [3.63, 3.8) is 0 Å². The molecular weight excluding hydrogens is 353 g/mol. The van der Waals surface area contributed by atoms with Crippen LogP contribution in [0.25, 0.3) is 22.8 Å². The summed E-state index contributed by atoms with van der Waals surface area (Å²) in [5, 5.41) is 11.5. The normalized spacial score (nSPS) is 18.2. The number of halogens is 3. The van der Waals surface area contributed by atoms with Crippen molar-refractivity contribution in [3.05, 3.63) is 36.0 Å². The van der Waals surface area contributed by atoms with Crippen molar-refractivity contribution in [1.29, 1.82) is 0 Å². The molecule has 7 nitrogen and oxygen atoms in total. The van der Waals surface area contributed by atoms with E-state index in [2.05, 4.69) is 24.9 Å². The van der Waals surface area contributed by atoms with E-state index in [0.29, 0.717) is 23.6 Å². The molecule has 1 aliphatic rings. The predicted molar refractivity (Wildman–Crippen MR) is 80.8 cm³/mol. The van der Waals surface area contributed by atoms with Gasteiger partial charge in [0.1, 0.15) is 0 Å². The van der Waals surface area contributed by atoms with Crippen molar-refractivity contribution in [2.24, 2.45) is 0 Å². The van der Waals surface area contributed by atoms with Gasteiger partial charge in [0.05, 0.1) is 12.5 Å². The van der Waals surface area contributed by atoms with Crippen LogP contribution < -0.4 is 0 Å². The Labute approximate surface area is 145 Å². The number of nitrogens with zero attached hydrogens (tertiary/aromatic N) is 4. The molecule has 0 spiro atoms. The van der Waals surface area contributed by atoms with E-state index in [-0.39, 0.29) is 17.6 Å². The van der Waals surface area contributed by atoms with Crippen molar-refractivity contribution < 1.29 is 26.8 Å². The van der Waals surface area contributed by atoms with E-state index in [4.69, 9.17) is 9.15 Å². The lowest BCUT2D eigenvalue weighted by molar-refractivity contribution is -0.159. The van der Waals surface area contributed by atoms with E-state index in [1.165, 1.54) is 0 Å². The number of aromatic nitrogens is 4. The van der Waals surface area contributed by atoms with E-state index < -0.39 is 12.1 Å². The summed E-state index contributed by atoms with van der Waals surface area (Å²) in [7, 11) is 0. The second-order valence-electron chi connectivity index (χ2n) is 5.86. The summed E-state index contributed by atoms with van der Waals surface area (Å²) in [6, 6.07) is 6.49. The van der Waals surface area contributed by atoms with Crippen LogP contribution in [0, 0.1) is 0 Å². The summed E-state index contributed by atoms with van der Waals surface area (Å²) < 4.78 is 53.2. The first kappa shape index (κ1) is 16.7. The molecule has 1 fully saturated rings. The molecule has 2 aromatic heterocycles. The third-order valence-electron chi connectivity index (χ3n) is 3.99. The summed E-state index contributed by atoms with van der Waals surface area (Å²) in [5.74, 6) is -0.745. The highest BCUT2D eigenvalue weighted by atomic mass is 19.4. The molecular formula is C16H13F3N4O3. The molecule has 3 heterocycles. The average molecular weight is 366 g/mol. The van der Waals surface area contributed by atoms with Crippen LogP contribution in [0.1, 0.15) is 30.5 Å². The summed E-state index contributed by atoms with van der Waals surface area (Å²) in [5.41, 5.74) is 0.902. The van der Waals surface area contributed by atoms with Crippen LogP contribution in [0.2, 0.25) is 0 Å². The second kappa shape index (κ2) is 6.52. The van der Waals surface area contributed by atoms with Gasteiger partial charge in [-0.2, -0.15) is 18.2 Å². The lowest BCUT2D eigenvalue weighted by Gasteiger charge is -2.18. The Morgan fingerprint density at radius 2 is 1.96 bits per heavy atom. The minimum atomic E-state index is -4.69. The van der Waals surface area contributed by atoms with Crippen LogP contribution >= 0.6 is 0 Å². The molecule has 1 unspecified atom stereocenters. The van der Waals surface area contributed by atoms with Crippen molar-refractivity contribution >= 4 is 0 Å². The molecule has 0 saturated carbocycles. The van der Waals surface area contributed by atoms with Gasteiger partial charge in [-0.15, -0.1) is 10.2 Å². The van der Waals surface area contributed by atoms with Crippen LogP contribution in [0.4, 0.5) is 13.2 Å². The molecule has 10 heteroatoms. The van der Waals surface area contributed by atoms with Gasteiger partial charge in [-0.3, -0.25) is 0 Å². The predicted octanol–water partition coefficient (Wildman–Crippen LogP) is 3.70. The van der Waals surface area contributed by atoms with Crippen molar-refractivity contribution in [2.75, 3.05) is 13.2 Å². The highest BCUT2D eigenvalue weighted by molar-refractivity contribution is 5.64. The minimum Gasteiger partial charge on any atom is -0.420 e. The highest BCUT2D eigenvalue weighted by Crippen LogP contribution is 2.31. The third kappa shape index (κ3) is 3.32. The minimum absolute atomic E-state index is 0.0553. The molecule has 1 atom stereocenters. The first-order valence-corrected chi connectivity index (χ1v) is 7.93. The lowest BCUT2D eigenvalue weighted by Crippen LogP contribution is -2.15. The Hall–Kier alpha value is -2.75. The number of benzene rings is 1. The van der Waals surface area contributed by atoms with Crippen LogP contribution in [0.5, 0.6) is 0 Å². The average Bonchev–Trinajstić information content (AvgIpc) is 3.32. The fraction of sp³-hybridized carbons (Fsp3) is 0.375. The first-order valence-electron chi connectivity index (χ1n) is 7.93. The maximum atomic E-state index is 12.6. The van der Waals surface area contributed by atoms with E-state index in [0.717, 1.165) is 19.4 Å². The zero-order valence-electron chi connectivity index (χ0n) is 13.4. The van der Waals surface area contributed by atoms with Crippen molar-refractivity contribution in [2.45, 2.75) is 24.9 Å². The van der Waals surface area contributed by atoms with Crippen molar-refractivity contribution in [3.8, 4) is 22.8 Å². The standard InChI is InChI=1S/C16H13F3N4O3/c17-16(18,19)15-20-12(23-26-15)9-3-1-4-10(7-9)13-21-22-14(25-13)11-5-2-6-24-8-11/h1,3-4,7,11H,2,5-6,8H2. The SMILES string of the molecule is FC(F)(F)c1nc(-c2cccc(-c3nnc(C4CCCOC4)o3)c2)no1. The summed E-state index contributed by atoms with van der Waals surface area (Å²) in [6.07, 6.45) is -2.85. The van der Waals surface area contributed by atoms with Gasteiger partial charge >= 0.3 is 12.1 Å². The number of hydrogen-bond acceptors (Lipinski definition) is 7. The molecule has 1 aliphatic heterocycles. The van der Waals surface area contributed by atoms with E-state index >= 15 is 0 Å². The highest BCUT2D eigenvalue weighted by Gasteiger charge is 2.38. The summed E-state index contributed by atoms with van der Waals surface area (Å²) in [6.45, 7) is 1.26. The van der Waals surface area contributed by atoms with Gasteiger partial charge in [-0.05, 0) is 25.0 Å². The molecule has 26 heavy (non-hydrogen) atoms. The van der Waals surface area contributed by atoms with Crippen LogP contribution in [0.3, 0.4) is 0 Å². The van der Waals surface area contributed by atoms with Crippen LogP contribution in [-0.4, -0.2) is 33.6 Å². The topological polar surface area (TPSA) is 87.1 Å². The Morgan fingerprint density at radius 1 is 1.12 bits per heavy atom. The largest absolute Gasteiger partial charge is 0.471 e. The Bertz CT molecular complexity index is 900. The van der Waals surface area contributed by atoms with Gasteiger partial charge in [0.25, 0.3) is 0 Å². The van der Waals surface area contributed by atoms with Gasteiger partial charge in [0.2, 0.25) is 17.6 Å². The smallest absolute Gasteiger partial charge is 0.420 e. The zero-order chi connectivity index (χ0) is 18.1. The number of ether oxygens (including phenoxy) is 1. The summed E-state index contributed by atoms with van der Waals surface area (Å²) in [4.78, 5) is 3.38. The first-order chi connectivity index (χ1) is 12.5. The van der Waals surface area contributed by atoms with E-state index in [9.17, 15) is 13.2 Å². The zero-order valence-corrected chi connectivity index (χ0v) is 13.4. The molecule has 0 radical (unpaired) electrons. The monoisotopic (exact) mass is 366 g/mol. The van der Waals surface area contributed by atoms with E-state index in [1.807, 2.05) is 0 Å². The molecule has 1 aromatic carbocycles. The molecule has 3 aromatic rings. The molecule has 1 saturated heterocycles. The van der Waals surface area contributed by atoms with Gasteiger partial charge in [-0.25, -0.2) is 0 Å². The molecule has 0 N–H and O–H groups in total. The maximum absolute atomic E-state index is 12.6. The molecule has 4 rings (SSSR count). The van der Waals surface area contributed by atoms with Crippen LogP contribution in [0.15, 0.2) is 33.2 Å². The number of hydrogen-bond donors (Lipinski definition) is 0. The quantitative estimate of drug-likeness (QED) is 0.698.